The zero-order chi connectivity index (χ0) is 14.1. The summed E-state index contributed by atoms with van der Waals surface area (Å²) in [5, 5.41) is 0. The quantitative estimate of drug-likeness (QED) is 0.675. The molecule has 1 heterocycles. The molecule has 0 amide bonds. The van der Waals surface area contributed by atoms with Crippen LogP contribution >= 0.6 is 0 Å². The van der Waals surface area contributed by atoms with Crippen LogP contribution in [0.15, 0.2) is 36.4 Å². The first-order valence-electron chi connectivity index (χ1n) is 6.50. The first-order chi connectivity index (χ1) is 9.65. The van der Waals surface area contributed by atoms with Crippen molar-refractivity contribution in [2.45, 2.75) is 12.8 Å². The largest absolute Gasteiger partial charge is 0.493 e. The summed E-state index contributed by atoms with van der Waals surface area (Å²) in [5.74, 6) is 0.189. The Hall–Kier alpha value is -2.36. The molecule has 2 aromatic carbocycles. The van der Waals surface area contributed by atoms with Crippen LogP contribution in [0.4, 0.5) is 10.1 Å². The second kappa shape index (κ2) is 4.96. The molecule has 2 aromatic rings. The summed E-state index contributed by atoms with van der Waals surface area (Å²) in [6, 6.07) is 9.18. The van der Waals surface area contributed by atoms with Crippen LogP contribution in [0.3, 0.4) is 0 Å². The lowest BCUT2D eigenvalue weighted by molar-refractivity contribution is 0.103. The summed E-state index contributed by atoms with van der Waals surface area (Å²) in [4.78, 5) is 12.4. The van der Waals surface area contributed by atoms with E-state index in [1.54, 1.807) is 12.1 Å². The molecule has 1 aliphatic heterocycles. The normalized spacial score (nSPS) is 13.4. The first kappa shape index (κ1) is 12.7. The Kier molecular flexibility index (Phi) is 3.14. The highest BCUT2D eigenvalue weighted by Gasteiger charge is 2.16. The van der Waals surface area contributed by atoms with Crippen LogP contribution in [-0.2, 0) is 6.42 Å². The van der Waals surface area contributed by atoms with Gasteiger partial charge in [-0.2, -0.15) is 0 Å². The van der Waals surface area contributed by atoms with Gasteiger partial charge in [-0.05, 0) is 54.8 Å². The molecule has 0 bridgehead atoms. The molecule has 3 nitrogen and oxygen atoms in total. The molecule has 20 heavy (non-hydrogen) atoms. The number of fused-ring (bicyclic) bond motifs is 1. The van der Waals surface area contributed by atoms with Crippen LogP contribution in [0.5, 0.6) is 5.75 Å². The number of anilines is 1. The van der Waals surface area contributed by atoms with Crippen LogP contribution in [-0.4, -0.2) is 12.4 Å². The highest BCUT2D eigenvalue weighted by atomic mass is 19.1. The second-order valence-corrected chi connectivity index (χ2v) is 4.84. The van der Waals surface area contributed by atoms with Crippen LogP contribution < -0.4 is 10.5 Å². The Morgan fingerprint density at radius 2 is 2.05 bits per heavy atom. The van der Waals surface area contributed by atoms with Gasteiger partial charge in [0.15, 0.2) is 5.78 Å². The molecule has 0 aliphatic carbocycles. The van der Waals surface area contributed by atoms with Gasteiger partial charge < -0.3 is 10.5 Å². The fourth-order valence-corrected chi connectivity index (χ4v) is 2.40. The van der Waals surface area contributed by atoms with Gasteiger partial charge in [0, 0.05) is 16.8 Å². The molecule has 0 aromatic heterocycles. The summed E-state index contributed by atoms with van der Waals surface area (Å²) in [6.07, 6.45) is 1.85. The van der Waals surface area contributed by atoms with E-state index in [9.17, 15) is 9.18 Å². The Balaban J connectivity index is 1.98. The Labute approximate surface area is 116 Å². The number of carbonyl (C=O) groups is 1. The van der Waals surface area contributed by atoms with Gasteiger partial charge in [-0.15, -0.1) is 0 Å². The van der Waals surface area contributed by atoms with Gasteiger partial charge in [-0.25, -0.2) is 4.39 Å². The van der Waals surface area contributed by atoms with E-state index in [4.69, 9.17) is 10.5 Å². The lowest BCUT2D eigenvalue weighted by atomic mass is 9.97. The first-order valence-corrected chi connectivity index (χ1v) is 6.50. The summed E-state index contributed by atoms with van der Waals surface area (Å²) < 4.78 is 18.5. The number of carbonyl (C=O) groups excluding carboxylic acids is 1. The van der Waals surface area contributed by atoms with Crippen molar-refractivity contribution in [3.63, 3.8) is 0 Å². The number of nitrogens with two attached hydrogens (primary N) is 1. The number of aryl methyl sites for hydroxylation is 1. The molecule has 0 spiro atoms. The van der Waals surface area contributed by atoms with Crippen LogP contribution in [0.1, 0.15) is 27.9 Å². The summed E-state index contributed by atoms with van der Waals surface area (Å²) in [7, 11) is 0. The minimum Gasteiger partial charge on any atom is -0.493 e. The standard InChI is InChI=1S/C16H14FNO2/c17-12-4-5-13(14(18)9-12)16(19)11-3-6-15-10(8-11)2-1-7-20-15/h3-6,8-9H,1-2,7,18H2. The fourth-order valence-electron chi connectivity index (χ4n) is 2.40. The molecule has 1 aliphatic rings. The summed E-state index contributed by atoms with van der Waals surface area (Å²) >= 11 is 0. The molecular weight excluding hydrogens is 257 g/mol. The molecule has 0 saturated carbocycles. The van der Waals surface area contributed by atoms with E-state index < -0.39 is 5.82 Å². The molecule has 2 N–H and O–H groups in total. The lowest BCUT2D eigenvalue weighted by Gasteiger charge is -2.17. The number of halogens is 1. The third-order valence-corrected chi connectivity index (χ3v) is 3.43. The number of hydrogen-bond acceptors (Lipinski definition) is 3. The number of hydrogen-bond donors (Lipinski definition) is 1. The summed E-state index contributed by atoms with van der Waals surface area (Å²) in [6.45, 7) is 0.713. The molecule has 0 unspecified atom stereocenters. The van der Waals surface area contributed by atoms with E-state index in [2.05, 4.69) is 0 Å². The lowest BCUT2D eigenvalue weighted by Crippen LogP contribution is -2.11. The van der Waals surface area contributed by atoms with Crippen molar-refractivity contribution >= 4 is 11.5 Å². The maximum atomic E-state index is 13.0. The van der Waals surface area contributed by atoms with Gasteiger partial charge in [0.2, 0.25) is 0 Å². The van der Waals surface area contributed by atoms with Crippen LogP contribution in [0.2, 0.25) is 0 Å². The number of ketones is 1. The van der Waals surface area contributed by atoms with E-state index in [0.29, 0.717) is 17.7 Å². The van der Waals surface area contributed by atoms with Crippen molar-refractivity contribution in [1.82, 2.24) is 0 Å². The van der Waals surface area contributed by atoms with Gasteiger partial charge in [-0.1, -0.05) is 0 Å². The van der Waals surface area contributed by atoms with Gasteiger partial charge >= 0.3 is 0 Å². The van der Waals surface area contributed by atoms with E-state index in [1.165, 1.54) is 12.1 Å². The Bertz CT molecular complexity index is 682. The van der Waals surface area contributed by atoms with Crippen molar-refractivity contribution in [2.75, 3.05) is 12.3 Å². The number of ether oxygens (including phenoxy) is 1. The molecule has 0 saturated heterocycles. The predicted octanol–water partition coefficient (Wildman–Crippen LogP) is 2.96. The fraction of sp³-hybridized carbons (Fsp3) is 0.188. The van der Waals surface area contributed by atoms with Gasteiger partial charge in [0.25, 0.3) is 0 Å². The molecule has 0 fully saturated rings. The van der Waals surface area contributed by atoms with Gasteiger partial charge in [0.1, 0.15) is 11.6 Å². The third kappa shape index (κ3) is 2.25. The number of benzene rings is 2. The highest BCUT2D eigenvalue weighted by Crippen LogP contribution is 2.27. The molecule has 4 heteroatoms. The third-order valence-electron chi connectivity index (χ3n) is 3.43. The van der Waals surface area contributed by atoms with Crippen molar-refractivity contribution < 1.29 is 13.9 Å². The molecular formula is C16H14FNO2. The Morgan fingerprint density at radius 1 is 1.20 bits per heavy atom. The Morgan fingerprint density at radius 3 is 2.85 bits per heavy atom. The molecule has 3 rings (SSSR count). The van der Waals surface area contributed by atoms with Crippen LogP contribution in [0.25, 0.3) is 0 Å². The van der Waals surface area contributed by atoms with Crippen molar-refractivity contribution in [1.29, 1.82) is 0 Å². The van der Waals surface area contributed by atoms with Crippen molar-refractivity contribution in [3.8, 4) is 5.75 Å². The topological polar surface area (TPSA) is 52.3 Å². The van der Waals surface area contributed by atoms with Crippen molar-refractivity contribution in [3.05, 3.63) is 58.9 Å². The van der Waals surface area contributed by atoms with E-state index in [-0.39, 0.29) is 11.5 Å². The highest BCUT2D eigenvalue weighted by molar-refractivity contribution is 6.12. The molecule has 0 atom stereocenters. The zero-order valence-electron chi connectivity index (χ0n) is 10.9. The average Bonchev–Trinajstić information content (AvgIpc) is 2.46. The SMILES string of the molecule is Nc1cc(F)ccc1C(=O)c1ccc2c(c1)CCCO2. The van der Waals surface area contributed by atoms with E-state index in [0.717, 1.165) is 30.2 Å². The average molecular weight is 271 g/mol. The monoisotopic (exact) mass is 271 g/mol. The van der Waals surface area contributed by atoms with Crippen molar-refractivity contribution in [2.24, 2.45) is 0 Å². The van der Waals surface area contributed by atoms with E-state index >= 15 is 0 Å². The minimum absolute atomic E-state index is 0.156. The van der Waals surface area contributed by atoms with Crippen LogP contribution in [0, 0.1) is 5.82 Å². The van der Waals surface area contributed by atoms with Gasteiger partial charge in [-0.3, -0.25) is 4.79 Å². The molecule has 0 radical (unpaired) electrons. The number of nitrogen functional groups attached to an aromatic ring is 1. The number of rotatable bonds is 2. The second-order valence-electron chi connectivity index (χ2n) is 4.84. The smallest absolute Gasteiger partial charge is 0.195 e. The van der Waals surface area contributed by atoms with Gasteiger partial charge in [0.05, 0.1) is 6.61 Å². The predicted molar refractivity (Wildman–Crippen MR) is 74.5 cm³/mol. The zero-order valence-corrected chi connectivity index (χ0v) is 10.9. The van der Waals surface area contributed by atoms with E-state index in [1.807, 2.05) is 6.07 Å². The minimum atomic E-state index is -0.446. The maximum absolute atomic E-state index is 13.0. The molecule has 102 valence electrons. The maximum Gasteiger partial charge on any atom is 0.195 e. The summed E-state index contributed by atoms with van der Waals surface area (Å²) in [5.41, 5.74) is 7.77.